The number of hydrogen-bond acceptors (Lipinski definition) is 6. The standard InChI is InChI=1S/C20H25N5O2/c1-20(2)16(11-17(20)27-15-8-6-5-7-9-15)24(3)18-10-14(12-26-4)23-19-21-13-22-25(18)19/h5-10,13,16-17H,11-12H2,1-4H3/t16-,17-/m1/s1. The van der Waals surface area contributed by atoms with Gasteiger partial charge in [0.05, 0.1) is 12.3 Å². The van der Waals surface area contributed by atoms with Gasteiger partial charge in [-0.05, 0) is 12.1 Å². The maximum atomic E-state index is 6.22. The molecule has 0 unspecified atom stereocenters. The lowest BCUT2D eigenvalue weighted by Gasteiger charge is -2.55. The van der Waals surface area contributed by atoms with Crippen molar-refractivity contribution in [2.45, 2.75) is 39.0 Å². The monoisotopic (exact) mass is 367 g/mol. The molecule has 7 heteroatoms. The minimum Gasteiger partial charge on any atom is -0.490 e. The van der Waals surface area contributed by atoms with Gasteiger partial charge in [-0.3, -0.25) is 0 Å². The number of aromatic nitrogens is 4. The van der Waals surface area contributed by atoms with Crippen LogP contribution in [0.5, 0.6) is 5.75 Å². The molecular formula is C20H25N5O2. The van der Waals surface area contributed by atoms with Gasteiger partial charge < -0.3 is 14.4 Å². The fourth-order valence-electron chi connectivity index (χ4n) is 3.86. The Bertz CT molecular complexity index is 925. The lowest BCUT2D eigenvalue weighted by Crippen LogP contribution is -2.62. The van der Waals surface area contributed by atoms with Crippen molar-refractivity contribution < 1.29 is 9.47 Å². The maximum absolute atomic E-state index is 6.22. The minimum absolute atomic E-state index is 0.0117. The van der Waals surface area contributed by atoms with Gasteiger partial charge >= 0.3 is 0 Å². The average molecular weight is 367 g/mol. The van der Waals surface area contributed by atoms with Crippen molar-refractivity contribution in [3.8, 4) is 5.75 Å². The number of para-hydroxylation sites is 1. The van der Waals surface area contributed by atoms with Gasteiger partial charge in [-0.1, -0.05) is 32.0 Å². The van der Waals surface area contributed by atoms with Crippen molar-refractivity contribution in [3.63, 3.8) is 0 Å². The van der Waals surface area contributed by atoms with Crippen molar-refractivity contribution in [2.24, 2.45) is 5.41 Å². The van der Waals surface area contributed by atoms with Crippen molar-refractivity contribution in [2.75, 3.05) is 19.1 Å². The summed E-state index contributed by atoms with van der Waals surface area (Å²) in [7, 11) is 3.76. The van der Waals surface area contributed by atoms with Crippen LogP contribution in [-0.4, -0.2) is 45.9 Å². The Morgan fingerprint density at radius 2 is 2.04 bits per heavy atom. The molecule has 4 rings (SSSR count). The summed E-state index contributed by atoms with van der Waals surface area (Å²) in [6.45, 7) is 4.94. The highest BCUT2D eigenvalue weighted by Crippen LogP contribution is 2.46. The van der Waals surface area contributed by atoms with E-state index in [4.69, 9.17) is 9.47 Å². The molecule has 142 valence electrons. The molecule has 3 aromatic rings. The summed E-state index contributed by atoms with van der Waals surface area (Å²) in [5.74, 6) is 2.46. The van der Waals surface area contributed by atoms with Crippen LogP contribution in [0.4, 0.5) is 5.82 Å². The normalized spacial score (nSPS) is 21.0. The number of benzene rings is 1. The van der Waals surface area contributed by atoms with E-state index in [0.717, 1.165) is 23.7 Å². The Morgan fingerprint density at radius 3 is 2.74 bits per heavy atom. The number of ether oxygens (including phenoxy) is 2. The lowest BCUT2D eigenvalue weighted by atomic mass is 9.64. The summed E-state index contributed by atoms with van der Waals surface area (Å²) in [6.07, 6.45) is 2.64. The first-order valence-electron chi connectivity index (χ1n) is 9.14. The Kier molecular flexibility index (Phi) is 4.47. The first-order valence-corrected chi connectivity index (χ1v) is 9.14. The summed E-state index contributed by atoms with van der Waals surface area (Å²) in [5, 5.41) is 4.35. The molecule has 1 aliphatic carbocycles. The van der Waals surface area contributed by atoms with Crippen LogP contribution in [0, 0.1) is 5.41 Å². The summed E-state index contributed by atoms with van der Waals surface area (Å²) < 4.78 is 13.3. The molecule has 0 radical (unpaired) electrons. The smallest absolute Gasteiger partial charge is 0.254 e. The quantitative estimate of drug-likeness (QED) is 0.667. The molecular weight excluding hydrogens is 342 g/mol. The molecule has 1 fully saturated rings. The van der Waals surface area contributed by atoms with Gasteiger partial charge in [0, 0.05) is 38.1 Å². The topological polar surface area (TPSA) is 64.8 Å². The molecule has 0 amide bonds. The van der Waals surface area contributed by atoms with Gasteiger partial charge in [-0.25, -0.2) is 4.98 Å². The van der Waals surface area contributed by atoms with Crippen LogP contribution in [-0.2, 0) is 11.3 Å². The highest BCUT2D eigenvalue weighted by Gasteiger charge is 2.52. The second kappa shape index (κ2) is 6.81. The third kappa shape index (κ3) is 3.12. The van der Waals surface area contributed by atoms with E-state index >= 15 is 0 Å². The fourth-order valence-corrected chi connectivity index (χ4v) is 3.86. The zero-order valence-electron chi connectivity index (χ0n) is 16.2. The number of hydrogen-bond donors (Lipinski definition) is 0. The molecule has 0 N–H and O–H groups in total. The van der Waals surface area contributed by atoms with Crippen LogP contribution in [0.2, 0.25) is 0 Å². The fraction of sp³-hybridized carbons (Fsp3) is 0.450. The Morgan fingerprint density at radius 1 is 1.26 bits per heavy atom. The number of fused-ring (bicyclic) bond motifs is 1. The Balaban J connectivity index is 1.58. The highest BCUT2D eigenvalue weighted by molar-refractivity contribution is 5.49. The predicted molar refractivity (Wildman–Crippen MR) is 103 cm³/mol. The summed E-state index contributed by atoms with van der Waals surface area (Å²) in [5.41, 5.74) is 0.830. The predicted octanol–water partition coefficient (Wildman–Crippen LogP) is 2.95. The second-order valence-corrected chi connectivity index (χ2v) is 7.61. The number of anilines is 1. The zero-order valence-corrected chi connectivity index (χ0v) is 16.2. The molecule has 0 saturated heterocycles. The Labute approximate surface area is 158 Å². The summed E-state index contributed by atoms with van der Waals surface area (Å²) >= 11 is 0. The maximum Gasteiger partial charge on any atom is 0.254 e. The second-order valence-electron chi connectivity index (χ2n) is 7.61. The molecule has 2 heterocycles. The van der Waals surface area contributed by atoms with E-state index in [1.165, 1.54) is 6.33 Å². The van der Waals surface area contributed by atoms with Crippen LogP contribution in [0.1, 0.15) is 26.0 Å². The molecule has 1 aliphatic rings. The molecule has 1 saturated carbocycles. The van der Waals surface area contributed by atoms with E-state index in [2.05, 4.69) is 40.9 Å². The van der Waals surface area contributed by atoms with E-state index in [9.17, 15) is 0 Å². The molecule has 2 atom stereocenters. The van der Waals surface area contributed by atoms with E-state index in [1.54, 1.807) is 11.6 Å². The number of methoxy groups -OCH3 is 1. The average Bonchev–Trinajstić information content (AvgIpc) is 3.13. The first kappa shape index (κ1) is 17.7. The van der Waals surface area contributed by atoms with Gasteiger partial charge in [0.25, 0.3) is 5.78 Å². The first-order chi connectivity index (χ1) is 13.0. The Hall–Kier alpha value is -2.67. The van der Waals surface area contributed by atoms with Crippen LogP contribution >= 0.6 is 0 Å². The zero-order chi connectivity index (χ0) is 19.0. The highest BCUT2D eigenvalue weighted by atomic mass is 16.5. The SMILES string of the molecule is COCc1cc(N(C)[C@@H]2C[C@@H](Oc3ccccc3)C2(C)C)n2ncnc2n1. The largest absolute Gasteiger partial charge is 0.490 e. The van der Waals surface area contributed by atoms with Crippen molar-refractivity contribution in [1.29, 1.82) is 0 Å². The van der Waals surface area contributed by atoms with Crippen molar-refractivity contribution >= 4 is 11.6 Å². The van der Waals surface area contributed by atoms with E-state index in [-0.39, 0.29) is 11.5 Å². The number of nitrogens with zero attached hydrogens (tertiary/aromatic N) is 5. The lowest BCUT2D eigenvalue weighted by molar-refractivity contribution is -0.0418. The third-order valence-corrected chi connectivity index (χ3v) is 5.55. The minimum atomic E-state index is -0.0117. The van der Waals surface area contributed by atoms with Gasteiger partial charge in [0.15, 0.2) is 0 Å². The molecule has 27 heavy (non-hydrogen) atoms. The molecule has 0 bridgehead atoms. The van der Waals surface area contributed by atoms with Crippen LogP contribution in [0.15, 0.2) is 42.7 Å². The van der Waals surface area contributed by atoms with Gasteiger partial charge in [0.2, 0.25) is 0 Å². The van der Waals surface area contributed by atoms with Crippen molar-refractivity contribution in [3.05, 3.63) is 48.4 Å². The van der Waals surface area contributed by atoms with Crippen LogP contribution in [0.25, 0.3) is 5.78 Å². The summed E-state index contributed by atoms with van der Waals surface area (Å²) in [4.78, 5) is 11.0. The van der Waals surface area contributed by atoms with Gasteiger partial charge in [-0.2, -0.15) is 14.6 Å². The van der Waals surface area contributed by atoms with Crippen LogP contribution in [0.3, 0.4) is 0 Å². The van der Waals surface area contributed by atoms with E-state index in [0.29, 0.717) is 18.4 Å². The van der Waals surface area contributed by atoms with E-state index < -0.39 is 0 Å². The van der Waals surface area contributed by atoms with Gasteiger partial charge in [0.1, 0.15) is 24.0 Å². The van der Waals surface area contributed by atoms with Crippen molar-refractivity contribution in [1.82, 2.24) is 19.6 Å². The molecule has 1 aromatic carbocycles. The third-order valence-electron chi connectivity index (χ3n) is 5.55. The summed E-state index contributed by atoms with van der Waals surface area (Å²) in [6, 6.07) is 12.3. The van der Waals surface area contributed by atoms with Crippen LogP contribution < -0.4 is 9.64 Å². The number of rotatable bonds is 6. The molecule has 7 nitrogen and oxygen atoms in total. The molecule has 0 aliphatic heterocycles. The van der Waals surface area contributed by atoms with E-state index in [1.807, 2.05) is 36.4 Å². The van der Waals surface area contributed by atoms with Gasteiger partial charge in [-0.15, -0.1) is 0 Å². The molecule has 0 spiro atoms. The molecule has 2 aromatic heterocycles.